The second kappa shape index (κ2) is 6.78. The predicted molar refractivity (Wildman–Crippen MR) is 88.7 cm³/mol. The number of non-ortho nitro benzene ring substituents is 1. The fraction of sp³-hybridized carbons (Fsp3) is 0.278. The lowest BCUT2D eigenvalue weighted by atomic mass is 9.97. The van der Waals surface area contributed by atoms with Gasteiger partial charge in [0.25, 0.3) is 11.6 Å². The number of nitro benzene ring substituents is 1. The maximum absolute atomic E-state index is 13.8. The van der Waals surface area contributed by atoms with E-state index in [-0.39, 0.29) is 11.3 Å². The van der Waals surface area contributed by atoms with Crippen LogP contribution in [-0.4, -0.2) is 10.8 Å². The summed E-state index contributed by atoms with van der Waals surface area (Å²) < 4.78 is 13.8. The predicted octanol–water partition coefficient (Wildman–Crippen LogP) is 4.64. The van der Waals surface area contributed by atoms with Crippen molar-refractivity contribution in [3.63, 3.8) is 0 Å². The summed E-state index contributed by atoms with van der Waals surface area (Å²) in [6.07, 6.45) is 4.86. The van der Waals surface area contributed by atoms with Gasteiger partial charge in [0.2, 0.25) is 0 Å². The third-order valence-electron chi connectivity index (χ3n) is 4.40. The van der Waals surface area contributed by atoms with Gasteiger partial charge in [-0.2, -0.15) is 0 Å². The SMILES string of the molecule is O=C(Nc1ccc(C2CCCC2)cc1)c1cc([N+](=O)[O-])ccc1F. The van der Waals surface area contributed by atoms with Crippen LogP contribution < -0.4 is 5.32 Å². The number of nitro groups is 1. The summed E-state index contributed by atoms with van der Waals surface area (Å²) in [7, 11) is 0. The van der Waals surface area contributed by atoms with Crippen LogP contribution in [0.3, 0.4) is 0 Å². The summed E-state index contributed by atoms with van der Waals surface area (Å²) in [6.45, 7) is 0. The van der Waals surface area contributed by atoms with Crippen LogP contribution in [0.5, 0.6) is 0 Å². The van der Waals surface area contributed by atoms with E-state index in [9.17, 15) is 19.3 Å². The summed E-state index contributed by atoms with van der Waals surface area (Å²) in [5, 5.41) is 13.3. The normalized spacial score (nSPS) is 14.5. The molecule has 5 nitrogen and oxygen atoms in total. The molecule has 0 heterocycles. The first kappa shape index (κ1) is 16.1. The Morgan fingerprint density at radius 2 is 1.79 bits per heavy atom. The molecule has 124 valence electrons. The number of hydrogen-bond donors (Lipinski definition) is 1. The van der Waals surface area contributed by atoms with Crippen molar-refractivity contribution in [3.05, 3.63) is 69.5 Å². The quantitative estimate of drug-likeness (QED) is 0.656. The Balaban J connectivity index is 1.75. The molecule has 0 unspecified atom stereocenters. The summed E-state index contributed by atoms with van der Waals surface area (Å²) in [5.74, 6) is -0.922. The van der Waals surface area contributed by atoms with E-state index in [4.69, 9.17) is 0 Å². The van der Waals surface area contributed by atoms with Gasteiger partial charge in [-0.15, -0.1) is 0 Å². The number of halogens is 1. The largest absolute Gasteiger partial charge is 0.322 e. The molecule has 1 fully saturated rings. The molecule has 6 heteroatoms. The molecular weight excluding hydrogens is 311 g/mol. The van der Waals surface area contributed by atoms with Crippen LogP contribution in [-0.2, 0) is 0 Å². The van der Waals surface area contributed by atoms with Crippen LogP contribution in [0.2, 0.25) is 0 Å². The molecule has 1 aliphatic carbocycles. The second-order valence-corrected chi connectivity index (χ2v) is 5.98. The third kappa shape index (κ3) is 3.42. The van der Waals surface area contributed by atoms with Crippen molar-refractivity contribution in [1.29, 1.82) is 0 Å². The Hall–Kier alpha value is -2.76. The van der Waals surface area contributed by atoms with Crippen LogP contribution in [0.1, 0.15) is 47.5 Å². The van der Waals surface area contributed by atoms with Crippen LogP contribution in [0, 0.1) is 15.9 Å². The van der Waals surface area contributed by atoms with Crippen molar-refractivity contribution < 1.29 is 14.1 Å². The van der Waals surface area contributed by atoms with E-state index in [1.54, 1.807) is 12.1 Å². The number of nitrogens with zero attached hydrogens (tertiary/aromatic N) is 1. The highest BCUT2D eigenvalue weighted by Crippen LogP contribution is 2.34. The Morgan fingerprint density at radius 3 is 2.42 bits per heavy atom. The smallest absolute Gasteiger partial charge is 0.270 e. The number of carbonyl (C=O) groups is 1. The summed E-state index contributed by atoms with van der Waals surface area (Å²) in [6, 6.07) is 10.4. The van der Waals surface area contributed by atoms with Gasteiger partial charge in [-0.1, -0.05) is 25.0 Å². The summed E-state index contributed by atoms with van der Waals surface area (Å²) in [5.41, 5.74) is 1.11. The Labute approximate surface area is 138 Å². The molecule has 0 spiro atoms. The first-order chi connectivity index (χ1) is 11.5. The first-order valence-electron chi connectivity index (χ1n) is 7.90. The average molecular weight is 328 g/mol. The number of amides is 1. The van der Waals surface area contributed by atoms with Gasteiger partial charge in [0, 0.05) is 17.8 Å². The molecule has 0 aliphatic heterocycles. The number of benzene rings is 2. The maximum atomic E-state index is 13.8. The lowest BCUT2D eigenvalue weighted by molar-refractivity contribution is -0.384. The van der Waals surface area contributed by atoms with E-state index in [0.29, 0.717) is 11.6 Å². The highest BCUT2D eigenvalue weighted by atomic mass is 19.1. The molecule has 24 heavy (non-hydrogen) atoms. The molecule has 3 rings (SSSR count). The maximum Gasteiger partial charge on any atom is 0.270 e. The zero-order chi connectivity index (χ0) is 17.1. The number of anilines is 1. The van der Waals surface area contributed by atoms with Gasteiger partial charge in [0.1, 0.15) is 5.82 Å². The summed E-state index contributed by atoms with van der Waals surface area (Å²) in [4.78, 5) is 22.3. The molecule has 2 aromatic rings. The Kier molecular flexibility index (Phi) is 4.55. The van der Waals surface area contributed by atoms with E-state index in [1.165, 1.54) is 31.2 Å². The van der Waals surface area contributed by atoms with E-state index >= 15 is 0 Å². The van der Waals surface area contributed by atoms with Crippen molar-refractivity contribution in [2.45, 2.75) is 31.6 Å². The topological polar surface area (TPSA) is 72.2 Å². The monoisotopic (exact) mass is 328 g/mol. The fourth-order valence-corrected chi connectivity index (χ4v) is 3.10. The zero-order valence-corrected chi connectivity index (χ0v) is 13.0. The minimum Gasteiger partial charge on any atom is -0.322 e. The number of carbonyl (C=O) groups excluding carboxylic acids is 1. The van der Waals surface area contributed by atoms with Crippen molar-refractivity contribution in [1.82, 2.24) is 0 Å². The van der Waals surface area contributed by atoms with Gasteiger partial charge in [0.15, 0.2) is 0 Å². The van der Waals surface area contributed by atoms with Crippen LogP contribution in [0.25, 0.3) is 0 Å². The van der Waals surface area contributed by atoms with Gasteiger partial charge < -0.3 is 5.32 Å². The van der Waals surface area contributed by atoms with Gasteiger partial charge >= 0.3 is 0 Å². The van der Waals surface area contributed by atoms with E-state index < -0.39 is 16.6 Å². The van der Waals surface area contributed by atoms with Crippen LogP contribution in [0.15, 0.2) is 42.5 Å². The van der Waals surface area contributed by atoms with E-state index in [1.807, 2.05) is 12.1 Å². The van der Waals surface area contributed by atoms with E-state index in [0.717, 1.165) is 18.2 Å². The molecule has 1 N–H and O–H groups in total. The molecule has 0 aromatic heterocycles. The number of rotatable bonds is 4. The van der Waals surface area contributed by atoms with Crippen LogP contribution >= 0.6 is 0 Å². The lowest BCUT2D eigenvalue weighted by Crippen LogP contribution is -2.14. The van der Waals surface area contributed by atoms with Crippen molar-refractivity contribution in [3.8, 4) is 0 Å². The molecule has 0 saturated heterocycles. The average Bonchev–Trinajstić information content (AvgIpc) is 3.10. The molecule has 2 aromatic carbocycles. The Bertz CT molecular complexity index is 768. The first-order valence-corrected chi connectivity index (χ1v) is 7.90. The van der Waals surface area contributed by atoms with Crippen molar-refractivity contribution >= 4 is 17.3 Å². The number of nitrogens with one attached hydrogen (secondary N) is 1. The fourth-order valence-electron chi connectivity index (χ4n) is 3.10. The standard InChI is InChI=1S/C18H17FN2O3/c19-17-10-9-15(21(23)24)11-16(17)18(22)20-14-7-5-13(6-8-14)12-3-1-2-4-12/h5-12H,1-4H2,(H,20,22). The summed E-state index contributed by atoms with van der Waals surface area (Å²) >= 11 is 0. The Morgan fingerprint density at radius 1 is 1.12 bits per heavy atom. The molecule has 1 amide bonds. The van der Waals surface area contributed by atoms with Gasteiger partial charge in [-0.05, 0) is 42.5 Å². The van der Waals surface area contributed by atoms with E-state index in [2.05, 4.69) is 5.32 Å². The molecular formula is C18H17FN2O3. The zero-order valence-electron chi connectivity index (χ0n) is 13.0. The minimum atomic E-state index is -0.791. The highest BCUT2D eigenvalue weighted by Gasteiger charge is 2.18. The molecule has 1 aliphatic rings. The van der Waals surface area contributed by atoms with Gasteiger partial charge in [-0.3, -0.25) is 14.9 Å². The van der Waals surface area contributed by atoms with Crippen molar-refractivity contribution in [2.24, 2.45) is 0 Å². The molecule has 0 radical (unpaired) electrons. The van der Waals surface area contributed by atoms with Gasteiger partial charge in [-0.25, -0.2) is 4.39 Å². The van der Waals surface area contributed by atoms with Gasteiger partial charge in [0.05, 0.1) is 10.5 Å². The minimum absolute atomic E-state index is 0.321. The number of hydrogen-bond acceptors (Lipinski definition) is 3. The molecule has 1 saturated carbocycles. The highest BCUT2D eigenvalue weighted by molar-refractivity contribution is 6.04. The van der Waals surface area contributed by atoms with Crippen LogP contribution in [0.4, 0.5) is 15.8 Å². The molecule has 0 bridgehead atoms. The lowest BCUT2D eigenvalue weighted by Gasteiger charge is -2.11. The second-order valence-electron chi connectivity index (χ2n) is 5.98. The molecule has 0 atom stereocenters. The van der Waals surface area contributed by atoms with Crippen molar-refractivity contribution in [2.75, 3.05) is 5.32 Å². The third-order valence-corrected chi connectivity index (χ3v) is 4.40.